The van der Waals surface area contributed by atoms with Gasteiger partial charge in [0.1, 0.15) is 0 Å². The molecule has 1 aliphatic heterocycles. The third-order valence-electron chi connectivity index (χ3n) is 5.67. The summed E-state index contributed by atoms with van der Waals surface area (Å²) in [5, 5.41) is 3.93. The van der Waals surface area contributed by atoms with E-state index in [4.69, 9.17) is 0 Å². The SMILES string of the molecule is CCN1CCC(C(C)N[C@H](C)C2CCCCC2)CC1. The van der Waals surface area contributed by atoms with Crippen molar-refractivity contribution in [1.82, 2.24) is 10.2 Å². The number of hydrogen-bond donors (Lipinski definition) is 1. The standard InChI is InChI=1S/C17H34N2/c1-4-19-12-10-17(11-13-19)15(3)18-14(2)16-8-6-5-7-9-16/h14-18H,4-13H2,1-3H3/t14-,15?/m1/s1. The summed E-state index contributed by atoms with van der Waals surface area (Å²) in [7, 11) is 0. The van der Waals surface area contributed by atoms with Gasteiger partial charge in [0.2, 0.25) is 0 Å². The normalized spacial score (nSPS) is 27.3. The highest BCUT2D eigenvalue weighted by molar-refractivity contribution is 4.83. The molecule has 2 fully saturated rings. The lowest BCUT2D eigenvalue weighted by Gasteiger charge is -2.37. The smallest absolute Gasteiger partial charge is 0.00705 e. The first-order valence-corrected chi connectivity index (χ1v) is 8.69. The van der Waals surface area contributed by atoms with Crippen LogP contribution in [0.3, 0.4) is 0 Å². The van der Waals surface area contributed by atoms with E-state index in [0.29, 0.717) is 6.04 Å². The van der Waals surface area contributed by atoms with Gasteiger partial charge in [0.05, 0.1) is 0 Å². The Hall–Kier alpha value is -0.0800. The fraction of sp³-hybridized carbons (Fsp3) is 1.00. The van der Waals surface area contributed by atoms with Gasteiger partial charge in [0.25, 0.3) is 0 Å². The second-order valence-corrected chi connectivity index (χ2v) is 6.91. The van der Waals surface area contributed by atoms with E-state index >= 15 is 0 Å². The van der Waals surface area contributed by atoms with E-state index in [1.165, 1.54) is 64.6 Å². The minimum Gasteiger partial charge on any atom is -0.311 e. The van der Waals surface area contributed by atoms with Crippen molar-refractivity contribution in [3.05, 3.63) is 0 Å². The molecular formula is C17H34N2. The zero-order chi connectivity index (χ0) is 13.7. The minimum absolute atomic E-state index is 0.705. The highest BCUT2D eigenvalue weighted by Gasteiger charge is 2.26. The molecule has 2 aliphatic rings. The van der Waals surface area contributed by atoms with Gasteiger partial charge in [-0.2, -0.15) is 0 Å². The van der Waals surface area contributed by atoms with Crippen LogP contribution in [0.15, 0.2) is 0 Å². The molecule has 0 aromatic rings. The van der Waals surface area contributed by atoms with E-state index in [9.17, 15) is 0 Å². The van der Waals surface area contributed by atoms with Gasteiger partial charge in [-0.3, -0.25) is 0 Å². The van der Waals surface area contributed by atoms with Crippen LogP contribution in [0.2, 0.25) is 0 Å². The van der Waals surface area contributed by atoms with E-state index < -0.39 is 0 Å². The lowest BCUT2D eigenvalue weighted by Crippen LogP contribution is -2.47. The highest BCUT2D eigenvalue weighted by Crippen LogP contribution is 2.28. The molecule has 0 spiro atoms. The summed E-state index contributed by atoms with van der Waals surface area (Å²) in [4.78, 5) is 2.59. The summed E-state index contributed by atoms with van der Waals surface area (Å²) in [6, 6.07) is 1.43. The number of piperidine rings is 1. The topological polar surface area (TPSA) is 15.3 Å². The van der Waals surface area contributed by atoms with Crippen molar-refractivity contribution >= 4 is 0 Å². The monoisotopic (exact) mass is 266 g/mol. The first-order chi connectivity index (χ1) is 9.20. The molecule has 0 aromatic carbocycles. The van der Waals surface area contributed by atoms with Crippen molar-refractivity contribution in [1.29, 1.82) is 0 Å². The molecule has 0 radical (unpaired) electrons. The lowest BCUT2D eigenvalue weighted by molar-refractivity contribution is 0.155. The van der Waals surface area contributed by atoms with Crippen LogP contribution < -0.4 is 5.32 Å². The fourth-order valence-electron chi connectivity index (χ4n) is 4.09. The minimum atomic E-state index is 0.705. The first kappa shape index (κ1) is 15.3. The van der Waals surface area contributed by atoms with E-state index in [1.54, 1.807) is 0 Å². The fourth-order valence-corrected chi connectivity index (χ4v) is 4.09. The van der Waals surface area contributed by atoms with Crippen molar-refractivity contribution in [2.45, 2.75) is 77.8 Å². The summed E-state index contributed by atoms with van der Waals surface area (Å²) in [6.45, 7) is 11.0. The lowest BCUT2D eigenvalue weighted by atomic mass is 9.83. The van der Waals surface area contributed by atoms with E-state index in [0.717, 1.165) is 17.9 Å². The molecule has 2 nitrogen and oxygen atoms in total. The summed E-state index contributed by atoms with van der Waals surface area (Å²) in [6.07, 6.45) is 10.1. The molecule has 2 rings (SSSR count). The van der Waals surface area contributed by atoms with Gasteiger partial charge in [-0.05, 0) is 71.0 Å². The van der Waals surface area contributed by atoms with Crippen molar-refractivity contribution in [3.63, 3.8) is 0 Å². The molecule has 112 valence electrons. The molecule has 0 bridgehead atoms. The van der Waals surface area contributed by atoms with Gasteiger partial charge in [-0.25, -0.2) is 0 Å². The summed E-state index contributed by atoms with van der Waals surface area (Å²) < 4.78 is 0. The maximum absolute atomic E-state index is 3.93. The van der Waals surface area contributed by atoms with Crippen LogP contribution in [-0.2, 0) is 0 Å². The van der Waals surface area contributed by atoms with Gasteiger partial charge in [0.15, 0.2) is 0 Å². The van der Waals surface area contributed by atoms with E-state index in [1.807, 2.05) is 0 Å². The quantitative estimate of drug-likeness (QED) is 0.817. The van der Waals surface area contributed by atoms with Gasteiger partial charge in [0, 0.05) is 12.1 Å². The van der Waals surface area contributed by atoms with Crippen LogP contribution in [0.4, 0.5) is 0 Å². The molecule has 1 unspecified atom stereocenters. The largest absolute Gasteiger partial charge is 0.311 e. The Morgan fingerprint density at radius 2 is 1.42 bits per heavy atom. The third-order valence-corrected chi connectivity index (χ3v) is 5.67. The van der Waals surface area contributed by atoms with Crippen molar-refractivity contribution in [3.8, 4) is 0 Å². The Bertz CT molecular complexity index is 240. The third kappa shape index (κ3) is 4.46. The second kappa shape index (κ2) is 7.64. The van der Waals surface area contributed by atoms with Gasteiger partial charge < -0.3 is 10.2 Å². The summed E-state index contributed by atoms with van der Waals surface area (Å²) >= 11 is 0. The zero-order valence-electron chi connectivity index (χ0n) is 13.3. The Labute approximate surface area is 120 Å². The maximum atomic E-state index is 3.93. The molecular weight excluding hydrogens is 232 g/mol. The average Bonchev–Trinajstić information content (AvgIpc) is 2.48. The predicted molar refractivity (Wildman–Crippen MR) is 83.5 cm³/mol. The molecule has 1 N–H and O–H groups in total. The molecule has 1 aliphatic carbocycles. The van der Waals surface area contributed by atoms with Gasteiger partial charge >= 0.3 is 0 Å². The number of nitrogens with zero attached hydrogens (tertiary/aromatic N) is 1. The number of nitrogens with one attached hydrogen (secondary N) is 1. The molecule has 19 heavy (non-hydrogen) atoms. The second-order valence-electron chi connectivity index (χ2n) is 6.91. The predicted octanol–water partition coefficient (Wildman–Crippen LogP) is 3.67. The van der Waals surface area contributed by atoms with Crippen LogP contribution in [0.25, 0.3) is 0 Å². The van der Waals surface area contributed by atoms with Gasteiger partial charge in [-0.1, -0.05) is 26.2 Å². The van der Waals surface area contributed by atoms with Gasteiger partial charge in [-0.15, -0.1) is 0 Å². The Balaban J connectivity index is 1.72. The van der Waals surface area contributed by atoms with E-state index in [2.05, 4.69) is 31.0 Å². The number of rotatable bonds is 5. The Morgan fingerprint density at radius 3 is 1.95 bits per heavy atom. The Kier molecular flexibility index (Phi) is 6.15. The molecule has 2 heteroatoms. The molecule has 1 saturated carbocycles. The van der Waals surface area contributed by atoms with E-state index in [-0.39, 0.29) is 0 Å². The molecule has 2 atom stereocenters. The Morgan fingerprint density at radius 1 is 0.895 bits per heavy atom. The van der Waals surface area contributed by atoms with Crippen molar-refractivity contribution in [2.75, 3.05) is 19.6 Å². The van der Waals surface area contributed by atoms with Crippen LogP contribution >= 0.6 is 0 Å². The highest BCUT2D eigenvalue weighted by atomic mass is 15.1. The van der Waals surface area contributed by atoms with Crippen LogP contribution in [0, 0.1) is 11.8 Å². The first-order valence-electron chi connectivity index (χ1n) is 8.69. The summed E-state index contributed by atoms with van der Waals surface area (Å²) in [5.74, 6) is 1.83. The average molecular weight is 266 g/mol. The summed E-state index contributed by atoms with van der Waals surface area (Å²) in [5.41, 5.74) is 0. The van der Waals surface area contributed by atoms with Crippen molar-refractivity contribution in [2.24, 2.45) is 11.8 Å². The molecule has 0 amide bonds. The molecule has 1 saturated heterocycles. The maximum Gasteiger partial charge on any atom is 0.00705 e. The van der Waals surface area contributed by atoms with Crippen molar-refractivity contribution < 1.29 is 0 Å². The molecule has 0 aromatic heterocycles. The van der Waals surface area contributed by atoms with Crippen LogP contribution in [0.1, 0.15) is 65.7 Å². The number of hydrogen-bond acceptors (Lipinski definition) is 2. The molecule has 1 heterocycles. The zero-order valence-corrected chi connectivity index (χ0v) is 13.3. The van der Waals surface area contributed by atoms with Crippen LogP contribution in [-0.4, -0.2) is 36.6 Å². The number of likely N-dealkylation sites (tertiary alicyclic amines) is 1. The van der Waals surface area contributed by atoms with Crippen LogP contribution in [0.5, 0.6) is 0 Å².